The van der Waals surface area contributed by atoms with Gasteiger partial charge in [0.1, 0.15) is 0 Å². The molecule has 0 aromatic carbocycles. The van der Waals surface area contributed by atoms with Crippen LogP contribution < -0.4 is 5.32 Å². The van der Waals surface area contributed by atoms with Crippen LogP contribution in [0, 0.1) is 5.41 Å². The fourth-order valence-corrected chi connectivity index (χ4v) is 3.89. The monoisotopic (exact) mass is 225 g/mol. The Balaban J connectivity index is 1.94. The normalized spacial score (nSPS) is 33.9. The van der Waals surface area contributed by atoms with Gasteiger partial charge in [0.2, 0.25) is 0 Å². The number of nitrogens with one attached hydrogen (secondary N) is 1. The molecule has 2 aliphatic rings. The Bertz CT molecular complexity index is 219. The molecule has 0 aromatic rings. The van der Waals surface area contributed by atoms with E-state index in [0.29, 0.717) is 17.6 Å². The zero-order chi connectivity index (χ0) is 11.6. The number of methoxy groups -OCH3 is 1. The van der Waals surface area contributed by atoms with E-state index in [1.54, 1.807) is 0 Å². The second kappa shape index (κ2) is 5.05. The van der Waals surface area contributed by atoms with Gasteiger partial charge in [0.05, 0.1) is 6.10 Å². The molecule has 0 saturated heterocycles. The molecule has 0 heterocycles. The van der Waals surface area contributed by atoms with Crippen LogP contribution >= 0.6 is 0 Å². The minimum atomic E-state index is 0.414. The Morgan fingerprint density at radius 1 is 1.19 bits per heavy atom. The summed E-state index contributed by atoms with van der Waals surface area (Å²) in [5, 5.41) is 3.89. The Morgan fingerprint density at radius 2 is 1.81 bits per heavy atom. The summed E-state index contributed by atoms with van der Waals surface area (Å²) >= 11 is 0. The highest BCUT2D eigenvalue weighted by atomic mass is 16.5. The molecule has 2 rings (SSSR count). The van der Waals surface area contributed by atoms with Crippen LogP contribution in [0.15, 0.2) is 0 Å². The molecule has 0 amide bonds. The van der Waals surface area contributed by atoms with Crippen molar-refractivity contribution in [1.82, 2.24) is 5.32 Å². The van der Waals surface area contributed by atoms with Gasteiger partial charge < -0.3 is 10.1 Å². The summed E-state index contributed by atoms with van der Waals surface area (Å²) in [6.07, 6.45) is 9.80. The van der Waals surface area contributed by atoms with E-state index in [2.05, 4.69) is 19.2 Å². The summed E-state index contributed by atoms with van der Waals surface area (Å²) in [5.41, 5.74) is 0.414. The Morgan fingerprint density at radius 3 is 2.31 bits per heavy atom. The number of ether oxygens (including phenoxy) is 1. The number of hydrogen-bond donors (Lipinski definition) is 1. The molecule has 2 nitrogen and oxygen atoms in total. The fraction of sp³-hybridized carbons (Fsp3) is 1.00. The van der Waals surface area contributed by atoms with Gasteiger partial charge in [-0.15, -0.1) is 0 Å². The highest BCUT2D eigenvalue weighted by Crippen LogP contribution is 2.49. The Kier molecular flexibility index (Phi) is 3.91. The molecule has 2 fully saturated rings. The lowest BCUT2D eigenvalue weighted by Gasteiger charge is -2.56. The predicted molar refractivity (Wildman–Crippen MR) is 67.6 cm³/mol. The molecule has 1 N–H and O–H groups in total. The Hall–Kier alpha value is -0.0800. The first-order valence-electron chi connectivity index (χ1n) is 7.05. The van der Waals surface area contributed by atoms with Gasteiger partial charge in [-0.2, -0.15) is 0 Å². The van der Waals surface area contributed by atoms with Gasteiger partial charge in [0, 0.05) is 24.6 Å². The van der Waals surface area contributed by atoms with E-state index < -0.39 is 0 Å². The smallest absolute Gasteiger partial charge is 0.0657 e. The first-order chi connectivity index (χ1) is 7.76. The van der Waals surface area contributed by atoms with E-state index >= 15 is 0 Å². The first kappa shape index (κ1) is 12.4. The maximum atomic E-state index is 5.64. The summed E-state index contributed by atoms with van der Waals surface area (Å²) in [7, 11) is 1.87. The highest BCUT2D eigenvalue weighted by molar-refractivity contribution is 5.07. The molecule has 2 atom stereocenters. The summed E-state index contributed by atoms with van der Waals surface area (Å²) in [4.78, 5) is 0. The van der Waals surface area contributed by atoms with Gasteiger partial charge in [0.25, 0.3) is 0 Å². The maximum Gasteiger partial charge on any atom is 0.0657 e. The van der Waals surface area contributed by atoms with E-state index in [-0.39, 0.29) is 0 Å². The van der Waals surface area contributed by atoms with Crippen LogP contribution in [0.2, 0.25) is 0 Å². The van der Waals surface area contributed by atoms with Crippen LogP contribution in [0.5, 0.6) is 0 Å². The van der Waals surface area contributed by atoms with Gasteiger partial charge in [-0.25, -0.2) is 0 Å². The second-order valence-corrected chi connectivity index (χ2v) is 5.60. The molecular formula is C14H27NO. The fourth-order valence-electron chi connectivity index (χ4n) is 3.89. The van der Waals surface area contributed by atoms with Crippen molar-refractivity contribution in [2.75, 3.05) is 7.11 Å². The van der Waals surface area contributed by atoms with Crippen molar-refractivity contribution in [3.8, 4) is 0 Å². The highest BCUT2D eigenvalue weighted by Gasteiger charge is 2.53. The zero-order valence-corrected chi connectivity index (χ0v) is 11.1. The third-order valence-corrected chi connectivity index (χ3v) is 5.18. The van der Waals surface area contributed by atoms with E-state index in [4.69, 9.17) is 4.74 Å². The van der Waals surface area contributed by atoms with Gasteiger partial charge >= 0.3 is 0 Å². The van der Waals surface area contributed by atoms with Crippen LogP contribution in [0.25, 0.3) is 0 Å². The zero-order valence-electron chi connectivity index (χ0n) is 11.1. The van der Waals surface area contributed by atoms with Gasteiger partial charge in [-0.1, -0.05) is 26.7 Å². The lowest BCUT2D eigenvalue weighted by Crippen LogP contribution is -2.64. The average molecular weight is 225 g/mol. The third-order valence-electron chi connectivity index (χ3n) is 5.18. The SMILES string of the molecule is CCC1(CC)C(NC2CCCC2)CC1OC. The minimum absolute atomic E-state index is 0.414. The topological polar surface area (TPSA) is 21.3 Å². The van der Waals surface area contributed by atoms with Crippen LogP contribution in [-0.2, 0) is 4.74 Å². The van der Waals surface area contributed by atoms with E-state index in [1.807, 2.05) is 7.11 Å². The molecule has 0 radical (unpaired) electrons. The summed E-state index contributed by atoms with van der Waals surface area (Å²) in [6, 6.07) is 1.50. The van der Waals surface area contributed by atoms with Crippen molar-refractivity contribution in [2.24, 2.45) is 5.41 Å². The largest absolute Gasteiger partial charge is 0.381 e. The third kappa shape index (κ3) is 1.91. The van der Waals surface area contributed by atoms with Crippen LogP contribution in [0.3, 0.4) is 0 Å². The standard InChI is InChI=1S/C14H27NO/c1-4-14(5-2)12(10-13(14)16-3)15-11-8-6-7-9-11/h11-13,15H,4-10H2,1-3H3. The number of rotatable bonds is 5. The van der Waals surface area contributed by atoms with E-state index in [1.165, 1.54) is 44.9 Å². The van der Waals surface area contributed by atoms with Crippen molar-refractivity contribution in [2.45, 2.75) is 77.0 Å². The molecule has 0 bridgehead atoms. The molecule has 94 valence electrons. The van der Waals surface area contributed by atoms with Gasteiger partial charge in [-0.3, -0.25) is 0 Å². The van der Waals surface area contributed by atoms with E-state index in [9.17, 15) is 0 Å². The predicted octanol–water partition coefficient (Wildman–Crippen LogP) is 3.11. The lowest BCUT2D eigenvalue weighted by molar-refractivity contribution is -0.126. The summed E-state index contributed by atoms with van der Waals surface area (Å²) in [5.74, 6) is 0. The van der Waals surface area contributed by atoms with Gasteiger partial charge in [-0.05, 0) is 32.1 Å². The molecule has 0 aromatic heterocycles. The average Bonchev–Trinajstić information content (AvgIpc) is 2.78. The van der Waals surface area contributed by atoms with Crippen molar-refractivity contribution in [1.29, 1.82) is 0 Å². The van der Waals surface area contributed by atoms with Gasteiger partial charge in [0.15, 0.2) is 0 Å². The van der Waals surface area contributed by atoms with Crippen LogP contribution in [0.1, 0.15) is 58.8 Å². The molecule has 16 heavy (non-hydrogen) atoms. The number of hydrogen-bond acceptors (Lipinski definition) is 2. The summed E-state index contributed by atoms with van der Waals surface area (Å²) < 4.78 is 5.64. The minimum Gasteiger partial charge on any atom is -0.381 e. The Labute approximate surface area is 100 Å². The summed E-state index contributed by atoms with van der Waals surface area (Å²) in [6.45, 7) is 4.63. The first-order valence-corrected chi connectivity index (χ1v) is 7.05. The molecule has 2 unspecified atom stereocenters. The molecular weight excluding hydrogens is 198 g/mol. The van der Waals surface area contributed by atoms with Crippen molar-refractivity contribution in [3.63, 3.8) is 0 Å². The van der Waals surface area contributed by atoms with Crippen molar-refractivity contribution >= 4 is 0 Å². The quantitative estimate of drug-likeness (QED) is 0.776. The van der Waals surface area contributed by atoms with Crippen LogP contribution in [0.4, 0.5) is 0 Å². The van der Waals surface area contributed by atoms with E-state index in [0.717, 1.165) is 6.04 Å². The molecule has 0 spiro atoms. The maximum absolute atomic E-state index is 5.64. The molecule has 2 aliphatic carbocycles. The molecule has 2 saturated carbocycles. The lowest BCUT2D eigenvalue weighted by atomic mass is 9.58. The second-order valence-electron chi connectivity index (χ2n) is 5.60. The van der Waals surface area contributed by atoms with Crippen molar-refractivity contribution in [3.05, 3.63) is 0 Å². The molecule has 0 aliphatic heterocycles. The molecule has 2 heteroatoms. The van der Waals surface area contributed by atoms with Crippen molar-refractivity contribution < 1.29 is 4.74 Å². The van der Waals surface area contributed by atoms with Crippen LogP contribution in [-0.4, -0.2) is 25.3 Å².